The van der Waals surface area contributed by atoms with E-state index in [1.807, 2.05) is 0 Å². The summed E-state index contributed by atoms with van der Waals surface area (Å²) in [7, 11) is -2.35. The standard InChI is InChI=1S/C29H28Cl2F2N2O9S/c1-40-20-8-18(7-19(10-20)35-45(2,38)39)28(37)42-15-27(36)43-25(11-21-22(30)12-34-13-23(21)31)17-5-6-24(44-29(32)33)26(9-17)41-14-16-3-4-16/h5-10,12-13,16,25,29,35H,3-4,11,14-15H2,1-2H3/t25-/m0/s1. The minimum absolute atomic E-state index is 0.0237. The molecule has 1 aliphatic rings. The first-order chi connectivity index (χ1) is 21.3. The van der Waals surface area contributed by atoms with Gasteiger partial charge in [0.15, 0.2) is 18.1 Å². The van der Waals surface area contributed by atoms with E-state index < -0.39 is 41.3 Å². The molecule has 4 rings (SSSR count). The number of rotatable bonds is 15. The van der Waals surface area contributed by atoms with Crippen LogP contribution in [0.15, 0.2) is 48.8 Å². The van der Waals surface area contributed by atoms with Crippen LogP contribution >= 0.6 is 23.2 Å². The Labute approximate surface area is 267 Å². The minimum atomic E-state index is -3.67. The summed E-state index contributed by atoms with van der Waals surface area (Å²) >= 11 is 12.6. The van der Waals surface area contributed by atoms with Gasteiger partial charge < -0.3 is 23.7 Å². The van der Waals surface area contributed by atoms with Gasteiger partial charge in [-0.05, 0) is 54.2 Å². The molecule has 16 heteroatoms. The Bertz CT molecular complexity index is 1640. The lowest BCUT2D eigenvalue weighted by Crippen LogP contribution is -2.21. The fourth-order valence-corrected chi connectivity index (χ4v) is 5.14. The highest BCUT2D eigenvalue weighted by atomic mass is 35.5. The Morgan fingerprint density at radius 1 is 1.07 bits per heavy atom. The molecular weight excluding hydrogens is 661 g/mol. The van der Waals surface area contributed by atoms with E-state index in [0.29, 0.717) is 17.0 Å². The van der Waals surface area contributed by atoms with Crippen LogP contribution in [-0.2, 0) is 30.7 Å². The fourth-order valence-electron chi connectivity index (χ4n) is 4.08. The monoisotopic (exact) mass is 688 g/mol. The Morgan fingerprint density at radius 2 is 1.78 bits per heavy atom. The van der Waals surface area contributed by atoms with Crippen molar-refractivity contribution in [1.82, 2.24) is 4.98 Å². The molecule has 0 radical (unpaired) electrons. The topological polar surface area (TPSA) is 139 Å². The van der Waals surface area contributed by atoms with Crippen molar-refractivity contribution in [3.05, 3.63) is 75.5 Å². The fraction of sp³-hybridized carbons (Fsp3) is 0.345. The van der Waals surface area contributed by atoms with E-state index in [2.05, 4.69) is 14.4 Å². The van der Waals surface area contributed by atoms with Crippen LogP contribution in [0.1, 0.15) is 40.4 Å². The summed E-state index contributed by atoms with van der Waals surface area (Å²) in [6.07, 6.45) is 4.39. The smallest absolute Gasteiger partial charge is 0.387 e. The summed E-state index contributed by atoms with van der Waals surface area (Å²) < 4.78 is 77.9. The number of alkyl halides is 2. The molecule has 0 bridgehead atoms. The SMILES string of the molecule is COc1cc(NS(C)(=O)=O)cc(C(=O)OCC(=O)O[C@@H](Cc2c(Cl)cncc2Cl)c2ccc(OC(F)F)c(OCC3CC3)c2)c1. The van der Waals surface area contributed by atoms with Gasteiger partial charge in [-0.15, -0.1) is 0 Å². The third kappa shape index (κ3) is 10.3. The van der Waals surface area contributed by atoms with Crippen molar-refractivity contribution in [3.63, 3.8) is 0 Å². The van der Waals surface area contributed by atoms with Gasteiger partial charge in [0.25, 0.3) is 0 Å². The predicted octanol–water partition coefficient (Wildman–Crippen LogP) is 5.84. The van der Waals surface area contributed by atoms with Gasteiger partial charge >= 0.3 is 18.6 Å². The average molecular weight is 690 g/mol. The number of nitrogens with zero attached hydrogens (tertiary/aromatic N) is 1. The number of benzene rings is 2. The summed E-state index contributed by atoms with van der Waals surface area (Å²) in [5.41, 5.74) is 0.651. The molecule has 0 spiro atoms. The number of pyridine rings is 1. The van der Waals surface area contributed by atoms with E-state index in [9.17, 15) is 26.8 Å². The highest BCUT2D eigenvalue weighted by Crippen LogP contribution is 2.38. The van der Waals surface area contributed by atoms with Gasteiger partial charge in [0.2, 0.25) is 10.0 Å². The summed E-state index contributed by atoms with van der Waals surface area (Å²) in [6.45, 7) is -3.65. The lowest BCUT2D eigenvalue weighted by Gasteiger charge is -2.21. The molecule has 0 aliphatic heterocycles. The van der Waals surface area contributed by atoms with Crippen molar-refractivity contribution in [2.24, 2.45) is 5.92 Å². The Hall–Kier alpha value is -3.88. The summed E-state index contributed by atoms with van der Waals surface area (Å²) in [5, 5.41) is 0.378. The summed E-state index contributed by atoms with van der Waals surface area (Å²) in [5.74, 6) is -1.66. The largest absolute Gasteiger partial charge is 0.497 e. The number of ether oxygens (including phenoxy) is 5. The number of esters is 2. The molecule has 0 amide bonds. The van der Waals surface area contributed by atoms with E-state index >= 15 is 0 Å². The van der Waals surface area contributed by atoms with Crippen LogP contribution in [0.5, 0.6) is 17.2 Å². The van der Waals surface area contributed by atoms with Gasteiger partial charge in [0.05, 0.1) is 41.3 Å². The maximum atomic E-state index is 13.1. The number of hydrogen-bond acceptors (Lipinski definition) is 10. The quantitative estimate of drug-likeness (QED) is 0.194. The average Bonchev–Trinajstić information content (AvgIpc) is 3.80. The van der Waals surface area contributed by atoms with Crippen LogP contribution in [0.4, 0.5) is 14.5 Å². The molecule has 2 aromatic carbocycles. The van der Waals surface area contributed by atoms with Crippen LogP contribution in [0.2, 0.25) is 10.0 Å². The van der Waals surface area contributed by atoms with E-state index in [-0.39, 0.29) is 51.6 Å². The first kappa shape index (κ1) is 34.0. The molecular formula is C29H28Cl2F2N2O9S. The van der Waals surface area contributed by atoms with Gasteiger partial charge in [0, 0.05) is 24.9 Å². The molecule has 1 aromatic heterocycles. The third-order valence-corrected chi connectivity index (χ3v) is 7.60. The lowest BCUT2D eigenvalue weighted by atomic mass is 10.0. The number of carbonyl (C=O) groups excluding carboxylic acids is 2. The van der Waals surface area contributed by atoms with Gasteiger partial charge in [0.1, 0.15) is 11.9 Å². The third-order valence-electron chi connectivity index (χ3n) is 6.34. The molecule has 45 heavy (non-hydrogen) atoms. The molecule has 1 N–H and O–H groups in total. The highest BCUT2D eigenvalue weighted by molar-refractivity contribution is 7.92. The Balaban J connectivity index is 1.55. The minimum Gasteiger partial charge on any atom is -0.497 e. The van der Waals surface area contributed by atoms with Crippen LogP contribution in [0.3, 0.4) is 0 Å². The van der Waals surface area contributed by atoms with Gasteiger partial charge in [-0.3, -0.25) is 9.71 Å². The molecule has 1 saturated carbocycles. The molecule has 1 aliphatic carbocycles. The molecule has 1 atom stereocenters. The zero-order valence-electron chi connectivity index (χ0n) is 23.9. The Morgan fingerprint density at radius 3 is 2.40 bits per heavy atom. The van der Waals surface area contributed by atoms with Crippen LogP contribution in [0, 0.1) is 5.92 Å². The van der Waals surface area contributed by atoms with Gasteiger partial charge in [-0.1, -0.05) is 29.3 Å². The van der Waals surface area contributed by atoms with E-state index in [1.165, 1.54) is 55.9 Å². The summed E-state index contributed by atoms with van der Waals surface area (Å²) in [6, 6.07) is 7.96. The first-order valence-corrected chi connectivity index (χ1v) is 16.0. The van der Waals surface area contributed by atoms with E-state index in [0.717, 1.165) is 19.1 Å². The first-order valence-electron chi connectivity index (χ1n) is 13.3. The van der Waals surface area contributed by atoms with Crippen LogP contribution in [0.25, 0.3) is 0 Å². The van der Waals surface area contributed by atoms with Crippen molar-refractivity contribution in [2.45, 2.75) is 32.0 Å². The highest BCUT2D eigenvalue weighted by Gasteiger charge is 2.26. The molecule has 3 aromatic rings. The molecule has 1 fully saturated rings. The molecule has 0 unspecified atom stereocenters. The molecule has 1 heterocycles. The number of anilines is 1. The van der Waals surface area contributed by atoms with E-state index in [1.54, 1.807) is 0 Å². The normalized spacial score (nSPS) is 13.6. The molecule has 0 saturated heterocycles. The van der Waals surface area contributed by atoms with Crippen molar-refractivity contribution in [1.29, 1.82) is 0 Å². The van der Waals surface area contributed by atoms with Crippen LogP contribution < -0.4 is 18.9 Å². The van der Waals surface area contributed by atoms with Crippen molar-refractivity contribution in [2.75, 3.05) is 31.3 Å². The van der Waals surface area contributed by atoms with Crippen LogP contribution in [-0.4, -0.2) is 58.5 Å². The van der Waals surface area contributed by atoms with Gasteiger partial charge in [-0.25, -0.2) is 18.0 Å². The number of methoxy groups -OCH3 is 1. The lowest BCUT2D eigenvalue weighted by molar-refractivity contribution is -0.153. The number of carbonyl (C=O) groups is 2. The maximum Gasteiger partial charge on any atom is 0.387 e. The number of hydrogen-bond donors (Lipinski definition) is 1. The maximum absolute atomic E-state index is 13.1. The second-order valence-electron chi connectivity index (χ2n) is 10.0. The zero-order chi connectivity index (χ0) is 32.7. The van der Waals surface area contributed by atoms with E-state index in [4.69, 9.17) is 42.1 Å². The zero-order valence-corrected chi connectivity index (χ0v) is 26.3. The molecule has 11 nitrogen and oxygen atoms in total. The van der Waals surface area contributed by atoms with Gasteiger partial charge in [-0.2, -0.15) is 8.78 Å². The van der Waals surface area contributed by atoms with Crippen molar-refractivity contribution in [3.8, 4) is 17.2 Å². The number of halogens is 4. The summed E-state index contributed by atoms with van der Waals surface area (Å²) in [4.78, 5) is 29.7. The predicted molar refractivity (Wildman–Crippen MR) is 160 cm³/mol. The van der Waals surface area contributed by atoms with Crippen molar-refractivity contribution < 1.29 is 50.5 Å². The number of nitrogens with one attached hydrogen (secondary N) is 1. The second kappa shape index (κ2) is 14.9. The number of sulfonamides is 1. The van der Waals surface area contributed by atoms with Crippen molar-refractivity contribution >= 4 is 50.9 Å². The Kier molecular flexibility index (Phi) is 11.3. The second-order valence-corrected chi connectivity index (χ2v) is 12.6. The molecule has 242 valence electrons. The number of aromatic nitrogens is 1.